The first kappa shape index (κ1) is 13.7. The molecule has 6 heteroatoms. The van der Waals surface area contributed by atoms with Crippen LogP contribution in [-0.2, 0) is 16.0 Å². The van der Waals surface area contributed by atoms with Crippen molar-refractivity contribution in [2.75, 3.05) is 6.61 Å². The molecule has 1 aromatic rings. The van der Waals surface area contributed by atoms with Gasteiger partial charge in [-0.1, -0.05) is 28.1 Å². The fourth-order valence-electron chi connectivity index (χ4n) is 1.26. The number of hydrogen-bond donors (Lipinski definition) is 3. The number of carboxylic acids is 1. The fraction of sp³-hybridized carbons (Fsp3) is 0.273. The average molecular weight is 302 g/mol. The second kappa shape index (κ2) is 6.36. The van der Waals surface area contributed by atoms with E-state index in [4.69, 9.17) is 10.2 Å². The molecule has 0 radical (unpaired) electrons. The summed E-state index contributed by atoms with van der Waals surface area (Å²) in [6.07, 6.45) is 0.0726. The summed E-state index contributed by atoms with van der Waals surface area (Å²) in [5.41, 5.74) is 0.763. The molecular formula is C11H12BrNO4. The van der Waals surface area contributed by atoms with E-state index in [2.05, 4.69) is 21.2 Å². The van der Waals surface area contributed by atoms with Crippen LogP contribution in [0.2, 0.25) is 0 Å². The Labute approximate surface area is 107 Å². The highest BCUT2D eigenvalue weighted by Gasteiger charge is 2.18. The van der Waals surface area contributed by atoms with Gasteiger partial charge < -0.3 is 15.5 Å². The number of hydrogen-bond acceptors (Lipinski definition) is 3. The lowest BCUT2D eigenvalue weighted by molar-refractivity contribution is -0.142. The van der Waals surface area contributed by atoms with Crippen LogP contribution in [0.4, 0.5) is 0 Å². The van der Waals surface area contributed by atoms with Crippen LogP contribution in [0, 0.1) is 0 Å². The molecule has 0 heterocycles. The predicted octanol–water partition coefficient (Wildman–Crippen LogP) is 0.553. The van der Waals surface area contributed by atoms with Gasteiger partial charge in [0.2, 0.25) is 5.91 Å². The number of carbonyl (C=O) groups excluding carboxylic acids is 1. The summed E-state index contributed by atoms with van der Waals surface area (Å²) in [4.78, 5) is 22.1. The number of benzene rings is 1. The van der Waals surface area contributed by atoms with E-state index in [1.807, 2.05) is 6.07 Å². The first-order valence-corrected chi connectivity index (χ1v) is 5.69. The number of halogens is 1. The Morgan fingerprint density at radius 1 is 1.41 bits per heavy atom. The molecule has 0 unspecified atom stereocenters. The predicted molar refractivity (Wildman–Crippen MR) is 64.5 cm³/mol. The molecule has 0 aromatic heterocycles. The van der Waals surface area contributed by atoms with E-state index in [0.717, 1.165) is 10.0 Å². The van der Waals surface area contributed by atoms with Crippen LogP contribution in [0.3, 0.4) is 0 Å². The Morgan fingerprint density at radius 3 is 2.65 bits per heavy atom. The SMILES string of the molecule is O=C(Cc1cccc(Br)c1)N[C@@H](CO)C(=O)O. The number of aliphatic hydroxyl groups is 1. The van der Waals surface area contributed by atoms with Crippen LogP contribution >= 0.6 is 15.9 Å². The van der Waals surface area contributed by atoms with E-state index in [1.165, 1.54) is 0 Å². The summed E-state index contributed by atoms with van der Waals surface area (Å²) in [6, 6.07) is 5.89. The third-order valence-electron chi connectivity index (χ3n) is 2.07. The number of carbonyl (C=O) groups is 2. The lowest BCUT2D eigenvalue weighted by Gasteiger charge is -2.11. The summed E-state index contributed by atoms with van der Waals surface area (Å²) in [5.74, 6) is -1.69. The van der Waals surface area contributed by atoms with Crippen molar-refractivity contribution in [1.82, 2.24) is 5.32 Å². The molecule has 0 aliphatic carbocycles. The largest absolute Gasteiger partial charge is 0.480 e. The highest BCUT2D eigenvalue weighted by Crippen LogP contribution is 2.11. The topological polar surface area (TPSA) is 86.6 Å². The zero-order chi connectivity index (χ0) is 12.8. The molecule has 5 nitrogen and oxygen atoms in total. The Morgan fingerprint density at radius 2 is 2.12 bits per heavy atom. The van der Waals surface area contributed by atoms with Crippen molar-refractivity contribution in [3.63, 3.8) is 0 Å². The van der Waals surface area contributed by atoms with Crippen molar-refractivity contribution >= 4 is 27.8 Å². The molecule has 0 saturated heterocycles. The zero-order valence-corrected chi connectivity index (χ0v) is 10.5. The van der Waals surface area contributed by atoms with Crippen LogP contribution in [0.1, 0.15) is 5.56 Å². The van der Waals surface area contributed by atoms with Crippen molar-refractivity contribution in [2.45, 2.75) is 12.5 Å². The maximum Gasteiger partial charge on any atom is 0.328 e. The van der Waals surface area contributed by atoms with E-state index in [1.54, 1.807) is 18.2 Å². The molecule has 92 valence electrons. The molecule has 1 aromatic carbocycles. The normalized spacial score (nSPS) is 11.9. The van der Waals surface area contributed by atoms with E-state index >= 15 is 0 Å². The van der Waals surface area contributed by atoms with Crippen LogP contribution < -0.4 is 5.32 Å². The lowest BCUT2D eigenvalue weighted by Crippen LogP contribution is -2.43. The molecule has 0 fully saturated rings. The number of aliphatic carboxylic acids is 1. The standard InChI is InChI=1S/C11H12BrNO4/c12-8-3-1-2-7(4-8)5-10(15)13-9(6-14)11(16)17/h1-4,9,14H,5-6H2,(H,13,15)(H,16,17)/t9-/m0/s1. The number of carboxylic acid groups (broad SMARTS) is 1. The lowest BCUT2D eigenvalue weighted by atomic mass is 10.1. The van der Waals surface area contributed by atoms with Crippen molar-refractivity contribution < 1.29 is 19.8 Å². The van der Waals surface area contributed by atoms with E-state index in [9.17, 15) is 9.59 Å². The molecule has 0 aliphatic rings. The highest BCUT2D eigenvalue weighted by molar-refractivity contribution is 9.10. The van der Waals surface area contributed by atoms with Gasteiger partial charge in [-0.15, -0.1) is 0 Å². The third-order valence-corrected chi connectivity index (χ3v) is 2.56. The number of aliphatic hydroxyl groups excluding tert-OH is 1. The Hall–Kier alpha value is -1.40. The van der Waals surface area contributed by atoms with Crippen molar-refractivity contribution in [3.05, 3.63) is 34.3 Å². The molecule has 1 atom stereocenters. The maximum atomic E-state index is 11.5. The van der Waals surface area contributed by atoms with Gasteiger partial charge in [0.05, 0.1) is 13.0 Å². The van der Waals surface area contributed by atoms with Gasteiger partial charge in [-0.05, 0) is 17.7 Å². The highest BCUT2D eigenvalue weighted by atomic mass is 79.9. The molecular weight excluding hydrogens is 290 g/mol. The maximum absolute atomic E-state index is 11.5. The van der Waals surface area contributed by atoms with Crippen LogP contribution in [-0.4, -0.2) is 34.7 Å². The molecule has 1 amide bonds. The monoisotopic (exact) mass is 301 g/mol. The van der Waals surface area contributed by atoms with Crippen molar-refractivity contribution in [1.29, 1.82) is 0 Å². The third kappa shape index (κ3) is 4.54. The smallest absolute Gasteiger partial charge is 0.328 e. The van der Waals surface area contributed by atoms with E-state index in [0.29, 0.717) is 0 Å². The van der Waals surface area contributed by atoms with Crippen LogP contribution in [0.5, 0.6) is 0 Å². The van der Waals surface area contributed by atoms with Gasteiger partial charge in [-0.25, -0.2) is 4.79 Å². The van der Waals surface area contributed by atoms with E-state index in [-0.39, 0.29) is 6.42 Å². The first-order chi connectivity index (χ1) is 8.02. The fourth-order valence-corrected chi connectivity index (χ4v) is 1.71. The van der Waals surface area contributed by atoms with E-state index < -0.39 is 24.5 Å². The van der Waals surface area contributed by atoms with Gasteiger partial charge in [0.15, 0.2) is 0 Å². The number of rotatable bonds is 5. The van der Waals surface area contributed by atoms with Crippen LogP contribution in [0.15, 0.2) is 28.7 Å². The second-order valence-corrected chi connectivity index (χ2v) is 4.36. The molecule has 0 saturated carbocycles. The minimum atomic E-state index is -1.25. The zero-order valence-electron chi connectivity index (χ0n) is 8.89. The Balaban J connectivity index is 2.58. The molecule has 0 spiro atoms. The number of nitrogens with one attached hydrogen (secondary N) is 1. The van der Waals surface area contributed by atoms with Gasteiger partial charge in [0.1, 0.15) is 6.04 Å². The minimum absolute atomic E-state index is 0.0726. The van der Waals surface area contributed by atoms with Gasteiger partial charge >= 0.3 is 5.97 Å². The summed E-state index contributed by atoms with van der Waals surface area (Å²) in [7, 11) is 0. The Kier molecular flexibility index (Phi) is 5.11. The molecule has 17 heavy (non-hydrogen) atoms. The quantitative estimate of drug-likeness (QED) is 0.741. The summed E-state index contributed by atoms with van der Waals surface area (Å²) < 4.78 is 0.847. The molecule has 0 bridgehead atoms. The van der Waals surface area contributed by atoms with Gasteiger partial charge in [0.25, 0.3) is 0 Å². The number of amides is 1. The first-order valence-electron chi connectivity index (χ1n) is 4.90. The average Bonchev–Trinajstić information content (AvgIpc) is 2.25. The molecule has 1 rings (SSSR count). The van der Waals surface area contributed by atoms with Gasteiger partial charge in [0, 0.05) is 4.47 Å². The van der Waals surface area contributed by atoms with Crippen molar-refractivity contribution in [3.8, 4) is 0 Å². The van der Waals surface area contributed by atoms with Crippen LogP contribution in [0.25, 0.3) is 0 Å². The minimum Gasteiger partial charge on any atom is -0.480 e. The second-order valence-electron chi connectivity index (χ2n) is 3.45. The van der Waals surface area contributed by atoms with Crippen molar-refractivity contribution in [2.24, 2.45) is 0 Å². The summed E-state index contributed by atoms with van der Waals surface area (Å²) in [6.45, 7) is -0.625. The van der Waals surface area contributed by atoms with Gasteiger partial charge in [-0.3, -0.25) is 4.79 Å². The summed E-state index contributed by atoms with van der Waals surface area (Å²) in [5, 5.41) is 19.6. The summed E-state index contributed by atoms with van der Waals surface area (Å²) >= 11 is 3.27. The molecule has 0 aliphatic heterocycles. The Bertz CT molecular complexity index is 422. The molecule has 3 N–H and O–H groups in total. The van der Waals surface area contributed by atoms with Gasteiger partial charge in [-0.2, -0.15) is 0 Å².